The highest BCUT2D eigenvalue weighted by atomic mass is 35.5. The molecule has 0 saturated carbocycles. The van der Waals surface area contributed by atoms with Gasteiger partial charge in [-0.1, -0.05) is 35.9 Å². The Kier molecular flexibility index (Phi) is 7.75. The van der Waals surface area contributed by atoms with Crippen molar-refractivity contribution in [2.75, 3.05) is 20.3 Å². The normalized spacial score (nSPS) is 11.7. The van der Waals surface area contributed by atoms with Crippen LogP contribution in [0.25, 0.3) is 0 Å². The van der Waals surface area contributed by atoms with Gasteiger partial charge in [0, 0.05) is 24.2 Å². The van der Waals surface area contributed by atoms with Crippen LogP contribution in [0.2, 0.25) is 5.02 Å². The molecule has 0 aliphatic heterocycles. The lowest BCUT2D eigenvalue weighted by molar-refractivity contribution is -0.123. The highest BCUT2D eigenvalue weighted by Crippen LogP contribution is 2.28. The van der Waals surface area contributed by atoms with Crippen LogP contribution in [-0.2, 0) is 11.3 Å². The van der Waals surface area contributed by atoms with E-state index in [1.54, 1.807) is 7.11 Å². The van der Waals surface area contributed by atoms with Crippen LogP contribution in [0.15, 0.2) is 42.5 Å². The van der Waals surface area contributed by atoms with E-state index in [4.69, 9.17) is 21.1 Å². The maximum atomic E-state index is 11.5. The number of rotatable bonds is 9. The van der Waals surface area contributed by atoms with Crippen molar-refractivity contribution in [1.29, 1.82) is 0 Å². The highest BCUT2D eigenvalue weighted by molar-refractivity contribution is 6.31. The van der Waals surface area contributed by atoms with Gasteiger partial charge in [0.05, 0.1) is 7.11 Å². The van der Waals surface area contributed by atoms with Crippen molar-refractivity contribution in [2.45, 2.75) is 26.4 Å². The van der Waals surface area contributed by atoms with E-state index in [2.05, 4.69) is 17.6 Å². The Morgan fingerprint density at radius 2 is 1.96 bits per heavy atom. The Hall–Kier alpha value is -2.24. The highest BCUT2D eigenvalue weighted by Gasteiger charge is 2.11. The first-order valence-electron chi connectivity index (χ1n) is 8.59. The summed E-state index contributed by atoms with van der Waals surface area (Å²) in [4.78, 5) is 11.5. The van der Waals surface area contributed by atoms with Crippen LogP contribution >= 0.6 is 11.6 Å². The van der Waals surface area contributed by atoms with Crippen LogP contribution in [0.4, 0.5) is 0 Å². The number of ether oxygens (including phenoxy) is 2. The van der Waals surface area contributed by atoms with Crippen LogP contribution in [0.1, 0.15) is 31.0 Å². The third kappa shape index (κ3) is 5.64. The van der Waals surface area contributed by atoms with Gasteiger partial charge in [0.25, 0.3) is 5.91 Å². The molecule has 0 fully saturated rings. The van der Waals surface area contributed by atoms with Gasteiger partial charge in [-0.25, -0.2) is 0 Å². The largest absolute Gasteiger partial charge is 0.493 e. The second-order valence-electron chi connectivity index (χ2n) is 5.85. The van der Waals surface area contributed by atoms with Crippen molar-refractivity contribution in [1.82, 2.24) is 10.6 Å². The van der Waals surface area contributed by atoms with Gasteiger partial charge in [0.15, 0.2) is 18.1 Å². The first kappa shape index (κ1) is 20.1. The summed E-state index contributed by atoms with van der Waals surface area (Å²) in [6.07, 6.45) is 0. The molecule has 2 N–H and O–H groups in total. The lowest BCUT2D eigenvalue weighted by Gasteiger charge is -2.17. The zero-order valence-electron chi connectivity index (χ0n) is 15.3. The minimum atomic E-state index is -0.158. The summed E-state index contributed by atoms with van der Waals surface area (Å²) in [6.45, 7) is 5.13. The maximum absolute atomic E-state index is 11.5. The molecule has 26 heavy (non-hydrogen) atoms. The summed E-state index contributed by atoms with van der Waals surface area (Å²) in [7, 11) is 1.58. The SMILES string of the molecule is CCNC(=O)COc1ccc(CNC(C)c2ccccc2Cl)cc1OC. The third-order valence-electron chi connectivity index (χ3n) is 3.94. The molecule has 2 aromatic rings. The number of likely N-dealkylation sites (N-methyl/N-ethyl adjacent to an activating group) is 1. The number of benzene rings is 2. The molecule has 1 unspecified atom stereocenters. The van der Waals surface area contributed by atoms with Gasteiger partial charge in [-0.15, -0.1) is 0 Å². The van der Waals surface area contributed by atoms with E-state index < -0.39 is 0 Å². The average Bonchev–Trinajstić information content (AvgIpc) is 2.65. The molecule has 0 heterocycles. The predicted octanol–water partition coefficient (Wildman–Crippen LogP) is 3.71. The monoisotopic (exact) mass is 376 g/mol. The van der Waals surface area contributed by atoms with E-state index in [1.165, 1.54) is 0 Å². The molecule has 0 bridgehead atoms. The van der Waals surface area contributed by atoms with Crippen LogP contribution in [0, 0.1) is 0 Å². The molecule has 6 heteroatoms. The molecule has 0 spiro atoms. The summed E-state index contributed by atoms with van der Waals surface area (Å²) >= 11 is 6.24. The maximum Gasteiger partial charge on any atom is 0.257 e. The number of halogens is 1. The van der Waals surface area contributed by atoms with E-state index in [1.807, 2.05) is 49.4 Å². The molecule has 140 valence electrons. The summed E-state index contributed by atoms with van der Waals surface area (Å²) in [6, 6.07) is 13.6. The molecule has 0 aromatic heterocycles. The topological polar surface area (TPSA) is 59.6 Å². The molecule has 0 saturated heterocycles. The Balaban J connectivity index is 1.98. The summed E-state index contributed by atoms with van der Waals surface area (Å²) in [5, 5.41) is 6.89. The molecule has 1 atom stereocenters. The van der Waals surface area contributed by atoms with Gasteiger partial charge < -0.3 is 20.1 Å². The fraction of sp³-hybridized carbons (Fsp3) is 0.350. The van der Waals surface area contributed by atoms with Gasteiger partial charge in [0.1, 0.15) is 0 Å². The van der Waals surface area contributed by atoms with Gasteiger partial charge in [-0.05, 0) is 43.2 Å². The second kappa shape index (κ2) is 10.0. The van der Waals surface area contributed by atoms with Crippen molar-refractivity contribution in [3.05, 3.63) is 58.6 Å². The number of nitrogens with one attached hydrogen (secondary N) is 2. The van der Waals surface area contributed by atoms with Crippen LogP contribution < -0.4 is 20.1 Å². The van der Waals surface area contributed by atoms with Crippen molar-refractivity contribution in [3.8, 4) is 11.5 Å². The number of carbonyl (C=O) groups excluding carboxylic acids is 1. The summed E-state index contributed by atoms with van der Waals surface area (Å²) < 4.78 is 10.9. The molecule has 5 nitrogen and oxygen atoms in total. The molecular formula is C20H25ClN2O3. The minimum Gasteiger partial charge on any atom is -0.493 e. The Labute approximate surface area is 159 Å². The van der Waals surface area contributed by atoms with Crippen molar-refractivity contribution >= 4 is 17.5 Å². The van der Waals surface area contributed by atoms with Crippen LogP contribution in [0.5, 0.6) is 11.5 Å². The minimum absolute atomic E-state index is 0.0364. The number of hydrogen-bond acceptors (Lipinski definition) is 4. The second-order valence-corrected chi connectivity index (χ2v) is 6.26. The Morgan fingerprint density at radius 3 is 2.65 bits per heavy atom. The van der Waals surface area contributed by atoms with E-state index in [-0.39, 0.29) is 18.6 Å². The zero-order chi connectivity index (χ0) is 18.9. The number of amides is 1. The van der Waals surface area contributed by atoms with Crippen molar-refractivity contribution in [3.63, 3.8) is 0 Å². The summed E-state index contributed by atoms with van der Waals surface area (Å²) in [5.41, 5.74) is 2.11. The predicted molar refractivity (Wildman–Crippen MR) is 104 cm³/mol. The van der Waals surface area contributed by atoms with Gasteiger partial charge in [-0.3, -0.25) is 4.79 Å². The van der Waals surface area contributed by atoms with Crippen LogP contribution in [0.3, 0.4) is 0 Å². The van der Waals surface area contributed by atoms with Gasteiger partial charge in [0.2, 0.25) is 0 Å². The average molecular weight is 377 g/mol. The zero-order valence-corrected chi connectivity index (χ0v) is 16.1. The lowest BCUT2D eigenvalue weighted by atomic mass is 10.1. The van der Waals surface area contributed by atoms with E-state index in [9.17, 15) is 4.79 Å². The molecule has 0 aliphatic carbocycles. The molecule has 0 aliphatic rings. The summed E-state index contributed by atoms with van der Waals surface area (Å²) in [5.74, 6) is 0.981. The molecule has 2 rings (SSSR count). The standard InChI is InChI=1S/C20H25ClN2O3/c1-4-22-20(24)13-26-18-10-9-15(11-19(18)25-3)12-23-14(2)16-7-5-6-8-17(16)21/h5-11,14,23H,4,12-13H2,1-3H3,(H,22,24). The number of methoxy groups -OCH3 is 1. The fourth-order valence-electron chi connectivity index (χ4n) is 2.54. The van der Waals surface area contributed by atoms with E-state index >= 15 is 0 Å². The molecular weight excluding hydrogens is 352 g/mol. The molecule has 2 aromatic carbocycles. The lowest BCUT2D eigenvalue weighted by Crippen LogP contribution is -2.28. The first-order chi connectivity index (χ1) is 12.5. The first-order valence-corrected chi connectivity index (χ1v) is 8.97. The fourth-order valence-corrected chi connectivity index (χ4v) is 2.84. The van der Waals surface area contributed by atoms with Crippen LogP contribution in [-0.4, -0.2) is 26.2 Å². The number of carbonyl (C=O) groups is 1. The Morgan fingerprint density at radius 1 is 1.19 bits per heavy atom. The van der Waals surface area contributed by atoms with Gasteiger partial charge >= 0.3 is 0 Å². The third-order valence-corrected chi connectivity index (χ3v) is 4.29. The smallest absolute Gasteiger partial charge is 0.257 e. The van der Waals surface area contributed by atoms with Gasteiger partial charge in [-0.2, -0.15) is 0 Å². The van der Waals surface area contributed by atoms with Crippen molar-refractivity contribution in [2.24, 2.45) is 0 Å². The van der Waals surface area contributed by atoms with E-state index in [0.717, 1.165) is 16.1 Å². The molecule has 0 radical (unpaired) electrons. The molecule has 1 amide bonds. The quantitative estimate of drug-likeness (QED) is 0.700. The Bertz CT molecular complexity index is 737. The van der Waals surface area contributed by atoms with E-state index in [0.29, 0.717) is 24.6 Å². The number of hydrogen-bond donors (Lipinski definition) is 2. The van der Waals surface area contributed by atoms with Crippen molar-refractivity contribution < 1.29 is 14.3 Å².